The highest BCUT2D eigenvalue weighted by Gasteiger charge is 2.28. The number of carbonyl (C=O) groups excluding carboxylic acids is 1. The normalized spacial score (nSPS) is 13.9. The number of aromatic nitrogens is 1. The van der Waals surface area contributed by atoms with Crippen LogP contribution >= 0.6 is 0 Å². The van der Waals surface area contributed by atoms with Crippen molar-refractivity contribution in [2.45, 2.75) is 40.7 Å². The highest BCUT2D eigenvalue weighted by atomic mass is 16.5. The van der Waals surface area contributed by atoms with Gasteiger partial charge in [-0.25, -0.2) is 0 Å². The van der Waals surface area contributed by atoms with E-state index in [-0.39, 0.29) is 16.9 Å². The molecule has 0 spiro atoms. The number of hydrogen-bond donors (Lipinski definition) is 0. The van der Waals surface area contributed by atoms with Gasteiger partial charge in [-0.15, -0.1) is 0 Å². The molecule has 1 aliphatic rings. The minimum absolute atomic E-state index is 0.191. The number of nitrogens with zero attached hydrogens (tertiary/aromatic N) is 3. The molecule has 0 unspecified atom stereocenters. The fourth-order valence-corrected chi connectivity index (χ4v) is 4.68. The van der Waals surface area contributed by atoms with Crippen LogP contribution in [0.4, 0.5) is 5.69 Å². The molecule has 7 heteroatoms. The van der Waals surface area contributed by atoms with Gasteiger partial charge < -0.3 is 23.5 Å². The minimum atomic E-state index is -0.213. The van der Waals surface area contributed by atoms with E-state index in [0.717, 1.165) is 34.3 Å². The maximum absolute atomic E-state index is 13.6. The van der Waals surface area contributed by atoms with E-state index in [4.69, 9.17) is 9.15 Å². The van der Waals surface area contributed by atoms with E-state index in [1.165, 1.54) is 0 Å². The average Bonchev–Trinajstić information content (AvgIpc) is 3.25. The SMILES string of the molecule is CCOc1ccccc1N1CCN(C(=O)c2c(CC)n(Cc3ccc(C)o3)c(C)cc2=O)CC1. The topological polar surface area (TPSA) is 67.9 Å². The third-order valence-electron chi connectivity index (χ3n) is 6.36. The fourth-order valence-electron chi connectivity index (χ4n) is 4.68. The number of carbonyl (C=O) groups is 1. The first-order valence-corrected chi connectivity index (χ1v) is 12.0. The van der Waals surface area contributed by atoms with Crippen LogP contribution in [0.5, 0.6) is 5.75 Å². The summed E-state index contributed by atoms with van der Waals surface area (Å²) >= 11 is 0. The summed E-state index contributed by atoms with van der Waals surface area (Å²) in [7, 11) is 0. The Kier molecular flexibility index (Phi) is 7.10. The third kappa shape index (κ3) is 4.74. The number of hydrogen-bond acceptors (Lipinski definition) is 5. The lowest BCUT2D eigenvalue weighted by atomic mass is 10.1. The van der Waals surface area contributed by atoms with Crippen LogP contribution in [0.3, 0.4) is 0 Å². The molecule has 1 saturated heterocycles. The van der Waals surface area contributed by atoms with E-state index in [1.54, 1.807) is 11.0 Å². The van der Waals surface area contributed by atoms with Gasteiger partial charge in [0, 0.05) is 43.6 Å². The molecule has 0 N–H and O–H groups in total. The zero-order valence-corrected chi connectivity index (χ0v) is 20.5. The van der Waals surface area contributed by atoms with Crippen molar-refractivity contribution in [2.24, 2.45) is 0 Å². The van der Waals surface area contributed by atoms with Gasteiger partial charge in [0.25, 0.3) is 5.91 Å². The molecule has 0 aliphatic carbocycles. The molecule has 0 radical (unpaired) electrons. The number of rotatable bonds is 7. The molecular formula is C27H33N3O4. The van der Waals surface area contributed by atoms with Gasteiger partial charge in [-0.2, -0.15) is 0 Å². The van der Waals surface area contributed by atoms with Crippen molar-refractivity contribution in [3.63, 3.8) is 0 Å². The highest BCUT2D eigenvalue weighted by Crippen LogP contribution is 2.29. The van der Waals surface area contributed by atoms with Gasteiger partial charge in [0.15, 0.2) is 5.43 Å². The van der Waals surface area contributed by atoms with Crippen molar-refractivity contribution >= 4 is 11.6 Å². The van der Waals surface area contributed by atoms with Crippen LogP contribution in [-0.4, -0.2) is 48.2 Å². The second-order valence-corrected chi connectivity index (χ2v) is 8.60. The fraction of sp³-hybridized carbons (Fsp3) is 0.407. The molecule has 2 aromatic heterocycles. The highest BCUT2D eigenvalue weighted by molar-refractivity contribution is 5.95. The van der Waals surface area contributed by atoms with Crippen LogP contribution in [0.25, 0.3) is 0 Å². The van der Waals surface area contributed by atoms with Crippen molar-refractivity contribution in [3.05, 3.63) is 81.2 Å². The molecule has 4 rings (SSSR count). The number of piperazine rings is 1. The van der Waals surface area contributed by atoms with E-state index >= 15 is 0 Å². The van der Waals surface area contributed by atoms with Gasteiger partial charge in [-0.05, 0) is 51.5 Å². The summed E-state index contributed by atoms with van der Waals surface area (Å²) in [6.45, 7) is 11.3. The number of amides is 1. The summed E-state index contributed by atoms with van der Waals surface area (Å²) in [5.41, 5.74) is 2.69. The molecule has 1 amide bonds. The number of anilines is 1. The molecule has 0 saturated carbocycles. The van der Waals surface area contributed by atoms with Crippen molar-refractivity contribution in [3.8, 4) is 5.75 Å². The molecule has 0 bridgehead atoms. The predicted octanol–water partition coefficient (Wildman–Crippen LogP) is 4.03. The van der Waals surface area contributed by atoms with Crippen LogP contribution in [-0.2, 0) is 13.0 Å². The van der Waals surface area contributed by atoms with Gasteiger partial charge in [-0.3, -0.25) is 9.59 Å². The van der Waals surface area contributed by atoms with Crippen LogP contribution < -0.4 is 15.1 Å². The molecule has 3 heterocycles. The summed E-state index contributed by atoms with van der Waals surface area (Å²) in [6.07, 6.45) is 0.583. The summed E-state index contributed by atoms with van der Waals surface area (Å²) < 4.78 is 13.6. The maximum Gasteiger partial charge on any atom is 0.259 e. The number of pyridine rings is 1. The van der Waals surface area contributed by atoms with Crippen molar-refractivity contribution < 1.29 is 13.9 Å². The van der Waals surface area contributed by atoms with Crippen molar-refractivity contribution in [1.82, 2.24) is 9.47 Å². The third-order valence-corrected chi connectivity index (χ3v) is 6.36. The number of ether oxygens (including phenoxy) is 1. The van der Waals surface area contributed by atoms with Crippen molar-refractivity contribution in [2.75, 3.05) is 37.7 Å². The quantitative estimate of drug-likeness (QED) is 0.529. The molecule has 1 fully saturated rings. The largest absolute Gasteiger partial charge is 0.492 e. The van der Waals surface area contributed by atoms with Gasteiger partial charge in [-0.1, -0.05) is 19.1 Å². The Morgan fingerprint density at radius 2 is 1.76 bits per heavy atom. The predicted molar refractivity (Wildman–Crippen MR) is 133 cm³/mol. The average molecular weight is 464 g/mol. The van der Waals surface area contributed by atoms with Crippen LogP contribution in [0.1, 0.15) is 47.1 Å². The first kappa shape index (κ1) is 23.7. The smallest absolute Gasteiger partial charge is 0.259 e. The van der Waals surface area contributed by atoms with Gasteiger partial charge >= 0.3 is 0 Å². The lowest BCUT2D eigenvalue weighted by Gasteiger charge is -2.37. The Morgan fingerprint density at radius 3 is 2.41 bits per heavy atom. The molecular weight excluding hydrogens is 430 g/mol. The van der Waals surface area contributed by atoms with E-state index in [2.05, 4.69) is 4.90 Å². The molecule has 1 aromatic carbocycles. The van der Waals surface area contributed by atoms with E-state index in [9.17, 15) is 9.59 Å². The Morgan fingerprint density at radius 1 is 1.03 bits per heavy atom. The first-order chi connectivity index (χ1) is 16.4. The summed E-state index contributed by atoms with van der Waals surface area (Å²) in [5, 5.41) is 0. The Balaban J connectivity index is 1.57. The second kappa shape index (κ2) is 10.2. The first-order valence-electron chi connectivity index (χ1n) is 12.0. The number of aryl methyl sites for hydroxylation is 2. The maximum atomic E-state index is 13.6. The van der Waals surface area contributed by atoms with Crippen LogP contribution in [0.15, 0.2) is 51.7 Å². The zero-order valence-electron chi connectivity index (χ0n) is 20.5. The lowest BCUT2D eigenvalue weighted by molar-refractivity contribution is 0.0743. The molecule has 7 nitrogen and oxygen atoms in total. The van der Waals surface area contributed by atoms with Crippen LogP contribution in [0, 0.1) is 13.8 Å². The number of furan rings is 1. The van der Waals surface area contributed by atoms with E-state index < -0.39 is 0 Å². The summed E-state index contributed by atoms with van der Waals surface area (Å²) in [6, 6.07) is 13.4. The van der Waals surface area contributed by atoms with Crippen molar-refractivity contribution in [1.29, 1.82) is 0 Å². The zero-order chi connectivity index (χ0) is 24.2. The number of benzene rings is 1. The molecule has 3 aromatic rings. The summed E-state index contributed by atoms with van der Waals surface area (Å²) in [4.78, 5) is 30.6. The Labute approximate surface area is 200 Å². The molecule has 34 heavy (non-hydrogen) atoms. The van der Waals surface area contributed by atoms with E-state index in [0.29, 0.717) is 45.8 Å². The van der Waals surface area contributed by atoms with Gasteiger partial charge in [0.2, 0.25) is 0 Å². The standard InChI is InChI=1S/C27H33N3O4/c1-5-22-26(24(31)17-19(3)30(22)18-21-12-11-20(4)34-21)27(32)29-15-13-28(14-16-29)23-9-7-8-10-25(23)33-6-2/h7-12,17H,5-6,13-16,18H2,1-4H3. The monoisotopic (exact) mass is 463 g/mol. The van der Waals surface area contributed by atoms with E-state index in [1.807, 2.05) is 68.7 Å². The minimum Gasteiger partial charge on any atom is -0.492 e. The number of para-hydroxylation sites is 2. The second-order valence-electron chi connectivity index (χ2n) is 8.60. The molecule has 0 atom stereocenters. The molecule has 1 aliphatic heterocycles. The Hall–Kier alpha value is -3.48. The summed E-state index contributed by atoms with van der Waals surface area (Å²) in [5.74, 6) is 2.31. The Bertz CT molecular complexity index is 1220. The van der Waals surface area contributed by atoms with Gasteiger partial charge in [0.1, 0.15) is 22.8 Å². The lowest BCUT2D eigenvalue weighted by Crippen LogP contribution is -2.50. The molecule has 180 valence electrons. The van der Waals surface area contributed by atoms with Gasteiger partial charge in [0.05, 0.1) is 18.8 Å². The van der Waals surface area contributed by atoms with Crippen LogP contribution in [0.2, 0.25) is 0 Å².